The summed E-state index contributed by atoms with van der Waals surface area (Å²) < 4.78 is 32.8. The summed E-state index contributed by atoms with van der Waals surface area (Å²) in [6.45, 7) is 6.32. The second kappa shape index (κ2) is 8.71. The Kier molecular flexibility index (Phi) is 6.63. The SMILES string of the molecule is CCOc1ccc(NS(=O)(=O)c2ccc(C(=O)N[C@@H](C)CC)cc2)cc1. The lowest BCUT2D eigenvalue weighted by molar-refractivity contribution is 0.0939. The first-order chi connectivity index (χ1) is 12.4. The highest BCUT2D eigenvalue weighted by Crippen LogP contribution is 2.20. The average Bonchev–Trinajstić information content (AvgIpc) is 2.63. The van der Waals surface area contributed by atoms with Crippen molar-refractivity contribution in [2.24, 2.45) is 0 Å². The fraction of sp³-hybridized carbons (Fsp3) is 0.316. The van der Waals surface area contributed by atoms with Crippen molar-refractivity contribution in [3.63, 3.8) is 0 Å². The lowest BCUT2D eigenvalue weighted by atomic mass is 10.2. The Morgan fingerprint density at radius 1 is 1.04 bits per heavy atom. The van der Waals surface area contributed by atoms with Crippen LogP contribution in [0.4, 0.5) is 5.69 Å². The van der Waals surface area contributed by atoms with Crippen LogP contribution >= 0.6 is 0 Å². The van der Waals surface area contributed by atoms with Gasteiger partial charge in [0.25, 0.3) is 15.9 Å². The summed E-state index contributed by atoms with van der Waals surface area (Å²) in [5.74, 6) is 0.454. The third-order valence-electron chi connectivity index (χ3n) is 3.83. The number of amides is 1. The van der Waals surface area contributed by atoms with Gasteiger partial charge in [-0.3, -0.25) is 9.52 Å². The van der Waals surface area contributed by atoms with Gasteiger partial charge in [-0.05, 0) is 68.8 Å². The van der Waals surface area contributed by atoms with Crippen LogP contribution in [-0.2, 0) is 10.0 Å². The predicted octanol–water partition coefficient (Wildman–Crippen LogP) is 3.41. The zero-order chi connectivity index (χ0) is 19.2. The topological polar surface area (TPSA) is 84.5 Å². The first kappa shape index (κ1) is 19.8. The lowest BCUT2D eigenvalue weighted by Crippen LogP contribution is -2.31. The average molecular weight is 376 g/mol. The fourth-order valence-corrected chi connectivity index (χ4v) is 3.25. The number of carbonyl (C=O) groups is 1. The molecule has 1 amide bonds. The van der Waals surface area contributed by atoms with Gasteiger partial charge in [-0.1, -0.05) is 6.92 Å². The van der Waals surface area contributed by atoms with Gasteiger partial charge in [0, 0.05) is 17.3 Å². The zero-order valence-electron chi connectivity index (χ0n) is 15.2. The van der Waals surface area contributed by atoms with Crippen molar-refractivity contribution in [2.75, 3.05) is 11.3 Å². The maximum Gasteiger partial charge on any atom is 0.261 e. The molecule has 0 unspecified atom stereocenters. The van der Waals surface area contributed by atoms with E-state index < -0.39 is 10.0 Å². The van der Waals surface area contributed by atoms with Crippen LogP contribution in [0.15, 0.2) is 53.4 Å². The standard InChI is InChI=1S/C19H24N2O4S/c1-4-14(3)20-19(22)15-6-12-18(13-7-15)26(23,24)21-16-8-10-17(11-9-16)25-5-2/h6-14,21H,4-5H2,1-3H3,(H,20,22)/t14-/m0/s1. The smallest absolute Gasteiger partial charge is 0.261 e. The molecule has 2 aromatic carbocycles. The number of hydrogen-bond donors (Lipinski definition) is 2. The summed E-state index contributed by atoms with van der Waals surface area (Å²) in [6.07, 6.45) is 0.824. The van der Waals surface area contributed by atoms with Gasteiger partial charge in [-0.25, -0.2) is 8.42 Å². The minimum absolute atomic E-state index is 0.0623. The number of ether oxygens (including phenoxy) is 1. The van der Waals surface area contributed by atoms with Crippen molar-refractivity contribution in [3.8, 4) is 5.75 Å². The van der Waals surface area contributed by atoms with Crippen molar-refractivity contribution >= 4 is 21.6 Å². The van der Waals surface area contributed by atoms with E-state index in [1.165, 1.54) is 24.3 Å². The Hall–Kier alpha value is -2.54. The molecule has 0 aliphatic rings. The molecule has 0 bridgehead atoms. The van der Waals surface area contributed by atoms with Gasteiger partial charge >= 0.3 is 0 Å². The summed E-state index contributed by atoms with van der Waals surface area (Å²) in [4.78, 5) is 12.2. The molecule has 6 nitrogen and oxygen atoms in total. The van der Waals surface area contributed by atoms with Gasteiger partial charge in [0.1, 0.15) is 5.75 Å². The molecule has 1 atom stereocenters. The molecule has 0 aliphatic heterocycles. The van der Waals surface area contributed by atoms with Crippen LogP contribution in [0.1, 0.15) is 37.6 Å². The molecule has 0 fully saturated rings. The first-order valence-corrected chi connectivity index (χ1v) is 10.0. The van der Waals surface area contributed by atoms with Crippen LogP contribution in [0, 0.1) is 0 Å². The normalized spacial score (nSPS) is 12.3. The number of sulfonamides is 1. The highest BCUT2D eigenvalue weighted by molar-refractivity contribution is 7.92. The molecule has 0 radical (unpaired) electrons. The van der Waals surface area contributed by atoms with Crippen LogP contribution in [-0.4, -0.2) is 27.0 Å². The molecule has 0 heterocycles. The van der Waals surface area contributed by atoms with Gasteiger partial charge in [-0.2, -0.15) is 0 Å². The molecule has 0 saturated carbocycles. The molecule has 2 rings (SSSR count). The Morgan fingerprint density at radius 3 is 2.19 bits per heavy atom. The first-order valence-electron chi connectivity index (χ1n) is 8.52. The van der Waals surface area contributed by atoms with Gasteiger partial charge < -0.3 is 10.1 Å². The van der Waals surface area contributed by atoms with Crippen molar-refractivity contribution in [1.82, 2.24) is 5.32 Å². The van der Waals surface area contributed by atoms with E-state index in [9.17, 15) is 13.2 Å². The summed E-state index contributed by atoms with van der Waals surface area (Å²) in [5, 5.41) is 2.84. The Balaban J connectivity index is 2.10. The molecular formula is C19H24N2O4S. The minimum Gasteiger partial charge on any atom is -0.494 e. The molecular weight excluding hydrogens is 352 g/mol. The predicted molar refractivity (Wildman–Crippen MR) is 102 cm³/mol. The zero-order valence-corrected chi connectivity index (χ0v) is 16.0. The molecule has 2 aromatic rings. The number of rotatable bonds is 8. The van der Waals surface area contributed by atoms with Crippen molar-refractivity contribution in [3.05, 3.63) is 54.1 Å². The quantitative estimate of drug-likeness (QED) is 0.739. The van der Waals surface area contributed by atoms with E-state index in [0.29, 0.717) is 23.6 Å². The van der Waals surface area contributed by atoms with E-state index in [0.717, 1.165) is 6.42 Å². The molecule has 0 aromatic heterocycles. The summed E-state index contributed by atoms with van der Waals surface area (Å²) in [7, 11) is -3.73. The molecule has 0 saturated heterocycles. The van der Waals surface area contributed by atoms with E-state index in [2.05, 4.69) is 10.0 Å². The fourth-order valence-electron chi connectivity index (χ4n) is 2.19. The molecule has 0 aliphatic carbocycles. The summed E-state index contributed by atoms with van der Waals surface area (Å²) in [6, 6.07) is 12.6. The number of nitrogens with one attached hydrogen (secondary N) is 2. The van der Waals surface area contributed by atoms with Crippen molar-refractivity contribution < 1.29 is 17.9 Å². The third kappa shape index (κ3) is 5.23. The van der Waals surface area contributed by atoms with E-state index in [-0.39, 0.29) is 16.8 Å². The van der Waals surface area contributed by atoms with Gasteiger partial charge in [0.15, 0.2) is 0 Å². The second-order valence-corrected chi connectivity index (χ2v) is 7.55. The van der Waals surface area contributed by atoms with Gasteiger partial charge in [-0.15, -0.1) is 0 Å². The minimum atomic E-state index is -3.73. The Bertz CT molecular complexity index is 831. The summed E-state index contributed by atoms with van der Waals surface area (Å²) >= 11 is 0. The van der Waals surface area contributed by atoms with Gasteiger partial charge in [0.2, 0.25) is 0 Å². The van der Waals surface area contributed by atoms with Crippen LogP contribution in [0.25, 0.3) is 0 Å². The van der Waals surface area contributed by atoms with Crippen LogP contribution in [0.3, 0.4) is 0 Å². The maximum absolute atomic E-state index is 12.5. The van der Waals surface area contributed by atoms with Crippen LogP contribution in [0.2, 0.25) is 0 Å². The highest BCUT2D eigenvalue weighted by atomic mass is 32.2. The molecule has 7 heteroatoms. The monoisotopic (exact) mass is 376 g/mol. The van der Waals surface area contributed by atoms with Crippen LogP contribution in [0.5, 0.6) is 5.75 Å². The van der Waals surface area contributed by atoms with Crippen molar-refractivity contribution in [1.29, 1.82) is 0 Å². The largest absolute Gasteiger partial charge is 0.494 e. The van der Waals surface area contributed by atoms with E-state index >= 15 is 0 Å². The number of anilines is 1. The number of hydrogen-bond acceptors (Lipinski definition) is 4. The summed E-state index contributed by atoms with van der Waals surface area (Å²) in [5.41, 5.74) is 0.859. The molecule has 2 N–H and O–H groups in total. The molecule has 140 valence electrons. The highest BCUT2D eigenvalue weighted by Gasteiger charge is 2.16. The molecule has 0 spiro atoms. The lowest BCUT2D eigenvalue weighted by Gasteiger charge is -2.12. The van der Waals surface area contributed by atoms with E-state index in [1.807, 2.05) is 20.8 Å². The maximum atomic E-state index is 12.5. The Morgan fingerprint density at radius 2 is 1.65 bits per heavy atom. The number of carbonyl (C=O) groups excluding carboxylic acids is 1. The second-order valence-electron chi connectivity index (χ2n) is 5.87. The van der Waals surface area contributed by atoms with E-state index in [1.54, 1.807) is 24.3 Å². The van der Waals surface area contributed by atoms with Crippen molar-refractivity contribution in [2.45, 2.75) is 38.1 Å². The number of benzene rings is 2. The van der Waals surface area contributed by atoms with Gasteiger partial charge in [0.05, 0.1) is 11.5 Å². The van der Waals surface area contributed by atoms with E-state index in [4.69, 9.17) is 4.74 Å². The van der Waals surface area contributed by atoms with Crippen LogP contribution < -0.4 is 14.8 Å². The molecule has 26 heavy (non-hydrogen) atoms. The third-order valence-corrected chi connectivity index (χ3v) is 5.23. The Labute approximate surface area is 154 Å².